The van der Waals surface area contributed by atoms with Gasteiger partial charge in [0, 0.05) is 3.57 Å². The van der Waals surface area contributed by atoms with Crippen LogP contribution in [0.4, 0.5) is 4.39 Å². The molecule has 0 aliphatic rings. The Kier molecular flexibility index (Phi) is 3.74. The summed E-state index contributed by atoms with van der Waals surface area (Å²) in [5, 5.41) is 0. The topological polar surface area (TPSA) is 36.5 Å². The maximum Gasteiger partial charge on any atom is 0.179 e. The van der Waals surface area contributed by atoms with E-state index in [2.05, 4.69) is 32.6 Å². The van der Waals surface area contributed by atoms with Gasteiger partial charge in [-0.25, -0.2) is 4.39 Å². The number of aromatic amines is 2. The van der Waals surface area contributed by atoms with Crippen LogP contribution in [0.3, 0.4) is 0 Å². The fraction of sp³-hybridized carbons (Fsp3) is 0.0769. The second-order valence-electron chi connectivity index (χ2n) is 4.35. The number of nitrogens with zero attached hydrogens (tertiary/aromatic N) is 1. The SMILES string of the molecule is Fc1cccc(Cn2c(=S)[nH]c3[nH]c(=S)c(I)cc32)c1. The van der Waals surface area contributed by atoms with E-state index < -0.39 is 0 Å². The molecule has 2 aromatic heterocycles. The second kappa shape index (κ2) is 5.38. The number of hydrogen-bond acceptors (Lipinski definition) is 2. The summed E-state index contributed by atoms with van der Waals surface area (Å²) >= 11 is 12.7. The first-order valence-corrected chi connectivity index (χ1v) is 7.70. The molecule has 7 heteroatoms. The van der Waals surface area contributed by atoms with Crippen LogP contribution in [-0.2, 0) is 6.54 Å². The number of rotatable bonds is 2. The molecule has 0 saturated heterocycles. The molecule has 3 aromatic rings. The van der Waals surface area contributed by atoms with E-state index in [0.29, 0.717) is 16.0 Å². The third-order valence-electron chi connectivity index (χ3n) is 2.97. The zero-order chi connectivity index (χ0) is 14.3. The summed E-state index contributed by atoms with van der Waals surface area (Å²) in [7, 11) is 0. The highest BCUT2D eigenvalue weighted by atomic mass is 127. The quantitative estimate of drug-likeness (QED) is 0.474. The molecule has 20 heavy (non-hydrogen) atoms. The van der Waals surface area contributed by atoms with E-state index in [1.165, 1.54) is 12.1 Å². The van der Waals surface area contributed by atoms with Gasteiger partial charge in [0.25, 0.3) is 0 Å². The van der Waals surface area contributed by atoms with E-state index >= 15 is 0 Å². The molecule has 3 nitrogen and oxygen atoms in total. The smallest absolute Gasteiger partial charge is 0.179 e. The predicted octanol–water partition coefficient (Wildman–Crippen LogP) is 4.55. The molecule has 0 saturated carbocycles. The number of halogens is 2. The van der Waals surface area contributed by atoms with Gasteiger partial charge in [0.2, 0.25) is 0 Å². The number of benzene rings is 1. The first-order chi connectivity index (χ1) is 9.54. The highest BCUT2D eigenvalue weighted by Crippen LogP contribution is 2.18. The van der Waals surface area contributed by atoms with Crippen molar-refractivity contribution in [2.24, 2.45) is 0 Å². The summed E-state index contributed by atoms with van der Waals surface area (Å²) in [4.78, 5) is 6.19. The van der Waals surface area contributed by atoms with E-state index in [4.69, 9.17) is 24.4 Å². The van der Waals surface area contributed by atoms with Crippen molar-refractivity contribution in [1.82, 2.24) is 14.5 Å². The van der Waals surface area contributed by atoms with Gasteiger partial charge in [0.15, 0.2) is 4.77 Å². The Balaban J connectivity index is 2.16. The van der Waals surface area contributed by atoms with Gasteiger partial charge in [-0.2, -0.15) is 0 Å². The molecule has 0 fully saturated rings. The molecule has 0 aliphatic carbocycles. The highest BCUT2D eigenvalue weighted by Gasteiger charge is 2.07. The van der Waals surface area contributed by atoms with Crippen LogP contribution in [0, 0.1) is 18.8 Å². The normalized spacial score (nSPS) is 11.1. The number of nitrogens with one attached hydrogen (secondary N) is 2. The lowest BCUT2D eigenvalue weighted by Gasteiger charge is -2.05. The summed E-state index contributed by atoms with van der Waals surface area (Å²) in [6.45, 7) is 0.511. The van der Waals surface area contributed by atoms with Gasteiger partial charge in [-0.05, 0) is 58.6 Å². The fourth-order valence-electron chi connectivity index (χ4n) is 2.06. The number of pyridine rings is 1. The zero-order valence-electron chi connectivity index (χ0n) is 10.1. The van der Waals surface area contributed by atoms with Crippen LogP contribution in [0.25, 0.3) is 11.2 Å². The minimum Gasteiger partial charge on any atom is -0.330 e. The number of hydrogen-bond donors (Lipinski definition) is 2. The predicted molar refractivity (Wildman–Crippen MR) is 90.5 cm³/mol. The van der Waals surface area contributed by atoms with Crippen LogP contribution in [0.15, 0.2) is 30.3 Å². The van der Waals surface area contributed by atoms with E-state index in [1.807, 2.05) is 16.7 Å². The van der Waals surface area contributed by atoms with Crippen LogP contribution in [0.1, 0.15) is 5.56 Å². The summed E-state index contributed by atoms with van der Waals surface area (Å²) in [6.07, 6.45) is 0. The van der Waals surface area contributed by atoms with Crippen LogP contribution in [0.5, 0.6) is 0 Å². The number of aromatic nitrogens is 3. The van der Waals surface area contributed by atoms with Gasteiger partial charge >= 0.3 is 0 Å². The van der Waals surface area contributed by atoms with Crippen molar-refractivity contribution < 1.29 is 4.39 Å². The average Bonchev–Trinajstić information content (AvgIpc) is 2.67. The molecule has 0 atom stereocenters. The van der Waals surface area contributed by atoms with Crippen molar-refractivity contribution in [3.63, 3.8) is 0 Å². The fourth-order valence-corrected chi connectivity index (χ4v) is 2.92. The molecule has 0 amide bonds. The van der Waals surface area contributed by atoms with Gasteiger partial charge in [0.1, 0.15) is 16.1 Å². The lowest BCUT2D eigenvalue weighted by Crippen LogP contribution is -2.00. The van der Waals surface area contributed by atoms with Crippen molar-refractivity contribution >= 4 is 58.2 Å². The molecular formula is C13H9FIN3S2. The minimum atomic E-state index is -0.247. The molecule has 0 unspecified atom stereocenters. The van der Waals surface area contributed by atoms with E-state index in [0.717, 1.165) is 20.3 Å². The van der Waals surface area contributed by atoms with E-state index in [-0.39, 0.29) is 5.82 Å². The summed E-state index contributed by atoms with van der Waals surface area (Å²) in [5.74, 6) is -0.247. The van der Waals surface area contributed by atoms with E-state index in [9.17, 15) is 4.39 Å². The maximum atomic E-state index is 13.3. The Labute approximate surface area is 138 Å². The van der Waals surface area contributed by atoms with Crippen molar-refractivity contribution in [2.45, 2.75) is 6.54 Å². The lowest BCUT2D eigenvalue weighted by atomic mass is 10.2. The minimum absolute atomic E-state index is 0.247. The van der Waals surface area contributed by atoms with Gasteiger partial charge in [-0.15, -0.1) is 0 Å². The third-order valence-corrected chi connectivity index (χ3v) is 4.83. The molecule has 0 bridgehead atoms. The molecule has 3 rings (SSSR count). The Hall–Kier alpha value is -1.06. The largest absolute Gasteiger partial charge is 0.330 e. The van der Waals surface area contributed by atoms with Crippen LogP contribution >= 0.6 is 47.0 Å². The molecule has 102 valence electrons. The summed E-state index contributed by atoms with van der Waals surface area (Å²) in [6, 6.07) is 8.48. The Morgan fingerprint density at radius 1 is 1.20 bits per heavy atom. The number of imidazole rings is 1. The van der Waals surface area contributed by atoms with Crippen molar-refractivity contribution in [3.05, 3.63) is 54.7 Å². The Morgan fingerprint density at radius 2 is 2.00 bits per heavy atom. The summed E-state index contributed by atoms with van der Waals surface area (Å²) in [5.41, 5.74) is 2.58. The standard InChI is InChI=1S/C13H9FIN3S2/c14-8-3-1-2-7(4-8)6-18-10-5-9(15)12(19)16-11(10)17-13(18)20/h1-5H,6H2,(H2,16,17,19,20). The van der Waals surface area contributed by atoms with Crippen LogP contribution in [0.2, 0.25) is 0 Å². The van der Waals surface area contributed by atoms with Gasteiger partial charge in [-0.3, -0.25) is 0 Å². The van der Waals surface area contributed by atoms with Crippen molar-refractivity contribution in [3.8, 4) is 0 Å². The molecule has 0 radical (unpaired) electrons. The third kappa shape index (κ3) is 2.57. The lowest BCUT2D eigenvalue weighted by molar-refractivity contribution is 0.623. The van der Waals surface area contributed by atoms with Gasteiger partial charge in [0.05, 0.1) is 12.1 Å². The van der Waals surface area contributed by atoms with Crippen LogP contribution < -0.4 is 0 Å². The van der Waals surface area contributed by atoms with Crippen LogP contribution in [-0.4, -0.2) is 14.5 Å². The molecule has 0 aliphatic heterocycles. The maximum absolute atomic E-state index is 13.3. The van der Waals surface area contributed by atoms with E-state index in [1.54, 1.807) is 6.07 Å². The Morgan fingerprint density at radius 3 is 2.75 bits per heavy atom. The molecule has 2 heterocycles. The van der Waals surface area contributed by atoms with Crippen molar-refractivity contribution in [2.75, 3.05) is 0 Å². The second-order valence-corrected chi connectivity index (χ2v) is 6.31. The molecule has 0 spiro atoms. The highest BCUT2D eigenvalue weighted by molar-refractivity contribution is 14.1. The van der Waals surface area contributed by atoms with Gasteiger partial charge < -0.3 is 14.5 Å². The number of fused-ring (bicyclic) bond motifs is 1. The monoisotopic (exact) mass is 417 g/mol. The number of H-pyrrole nitrogens is 2. The average molecular weight is 417 g/mol. The van der Waals surface area contributed by atoms with Gasteiger partial charge in [-0.1, -0.05) is 24.4 Å². The first-order valence-electron chi connectivity index (χ1n) is 5.80. The van der Waals surface area contributed by atoms with Crippen molar-refractivity contribution in [1.29, 1.82) is 0 Å². The molecule has 1 aromatic carbocycles. The summed E-state index contributed by atoms with van der Waals surface area (Å²) < 4.78 is 17.4. The molecule has 2 N–H and O–H groups in total. The molecular weight excluding hydrogens is 408 g/mol. The zero-order valence-corrected chi connectivity index (χ0v) is 13.9. The Bertz CT molecular complexity index is 910. The first kappa shape index (κ1) is 13.9.